The van der Waals surface area contributed by atoms with Crippen LogP contribution in [0.3, 0.4) is 0 Å². The van der Waals surface area contributed by atoms with Crippen molar-refractivity contribution in [2.75, 3.05) is 6.54 Å². The molecule has 0 aromatic carbocycles. The lowest BCUT2D eigenvalue weighted by Gasteiger charge is -2.08. The maximum absolute atomic E-state index is 10.3. The Morgan fingerprint density at radius 2 is 2.50 bits per heavy atom. The van der Waals surface area contributed by atoms with Gasteiger partial charge in [0.15, 0.2) is 0 Å². The Balaban J connectivity index is 2.63. The second kappa shape index (κ2) is 1.88. The van der Waals surface area contributed by atoms with Gasteiger partial charge in [0.2, 0.25) is 0 Å². The van der Waals surface area contributed by atoms with Crippen molar-refractivity contribution in [3.63, 3.8) is 0 Å². The summed E-state index contributed by atoms with van der Waals surface area (Å²) in [6.07, 6.45) is 4.23. The van der Waals surface area contributed by atoms with Gasteiger partial charge in [-0.15, -0.1) is 0 Å². The van der Waals surface area contributed by atoms with Crippen LogP contribution in [0.5, 0.6) is 0 Å². The summed E-state index contributed by atoms with van der Waals surface area (Å²) in [6.45, 7) is 0.337. The molecule has 0 amide bonds. The zero-order valence-corrected chi connectivity index (χ0v) is 4.24. The van der Waals surface area contributed by atoms with Gasteiger partial charge in [0, 0.05) is 0 Å². The third kappa shape index (κ3) is 1.01. The fourth-order valence-corrected chi connectivity index (χ4v) is 0.521. The normalized spacial score (nSPS) is 18.6. The minimum Gasteiger partial charge on any atom is -0.506 e. The molecule has 1 N–H and O–H groups in total. The Hall–Kier alpha value is -0.960. The summed E-state index contributed by atoms with van der Waals surface area (Å²) in [5.74, 6) is 0.0197. The topological polar surface area (TPSA) is 43.4 Å². The average molecular weight is 112 g/mol. The van der Waals surface area contributed by atoms with E-state index in [0.717, 1.165) is 6.20 Å². The lowest BCUT2D eigenvalue weighted by molar-refractivity contribution is -0.107. The second-order valence-electron chi connectivity index (χ2n) is 1.56. The van der Waals surface area contributed by atoms with E-state index < -0.39 is 0 Å². The van der Waals surface area contributed by atoms with Gasteiger partial charge in [0.25, 0.3) is 0 Å². The largest absolute Gasteiger partial charge is 0.506 e. The van der Waals surface area contributed by atoms with Crippen molar-refractivity contribution in [2.45, 2.75) is 0 Å². The first-order chi connectivity index (χ1) is 3.79. The highest BCUT2D eigenvalue weighted by Gasteiger charge is 1.98. The monoisotopic (exact) mass is 112 g/mol. The summed E-state index contributed by atoms with van der Waals surface area (Å²) in [4.78, 5) is 0. The predicted molar refractivity (Wildman–Crippen MR) is 27.2 cm³/mol. The van der Waals surface area contributed by atoms with Crippen LogP contribution in [-0.2, 0) is 5.21 Å². The summed E-state index contributed by atoms with van der Waals surface area (Å²) in [7, 11) is 0. The van der Waals surface area contributed by atoms with E-state index in [-0.39, 0.29) is 5.76 Å². The Morgan fingerprint density at radius 1 is 1.75 bits per heavy atom. The number of aliphatic hydroxyl groups excluding tert-OH is 1. The Labute approximate surface area is 47.1 Å². The molecule has 0 atom stereocenters. The number of hydrogen-bond donors (Lipinski definition) is 1. The maximum Gasteiger partial charge on any atom is 0.133 e. The van der Waals surface area contributed by atoms with Crippen molar-refractivity contribution >= 4 is 0 Å². The van der Waals surface area contributed by atoms with Gasteiger partial charge in [-0.1, -0.05) is 11.3 Å². The Kier molecular flexibility index (Phi) is 1.22. The minimum atomic E-state index is 0.0197. The highest BCUT2D eigenvalue weighted by atomic mass is 16.5. The summed E-state index contributed by atoms with van der Waals surface area (Å²) in [5, 5.41) is 19.6. The van der Waals surface area contributed by atoms with Gasteiger partial charge in [-0.2, -0.15) is 0 Å². The number of hydrogen-bond acceptors (Lipinski definition) is 2. The van der Waals surface area contributed by atoms with E-state index in [2.05, 4.69) is 0 Å². The quantitative estimate of drug-likeness (QED) is 0.498. The van der Waals surface area contributed by atoms with Crippen molar-refractivity contribution in [2.24, 2.45) is 0 Å². The van der Waals surface area contributed by atoms with Crippen LogP contribution >= 0.6 is 0 Å². The maximum atomic E-state index is 10.3. The van der Waals surface area contributed by atoms with Gasteiger partial charge >= 0.3 is 0 Å². The molecule has 0 aliphatic carbocycles. The predicted octanol–water partition coefficient (Wildman–Crippen LogP) is 0.603. The van der Waals surface area contributed by atoms with Crippen molar-refractivity contribution in [3.8, 4) is 0 Å². The van der Waals surface area contributed by atoms with Crippen molar-refractivity contribution < 1.29 is 10.3 Å². The van der Waals surface area contributed by atoms with E-state index in [0.29, 0.717) is 11.6 Å². The smallest absolute Gasteiger partial charge is 0.133 e. The molecule has 0 unspecified atom stereocenters. The van der Waals surface area contributed by atoms with E-state index >= 15 is 0 Å². The Morgan fingerprint density at radius 3 is 2.88 bits per heavy atom. The summed E-state index contributed by atoms with van der Waals surface area (Å²) in [6, 6.07) is 0. The molecule has 0 saturated heterocycles. The second-order valence-corrected chi connectivity index (χ2v) is 1.56. The van der Waals surface area contributed by atoms with Crippen molar-refractivity contribution in [3.05, 3.63) is 24.1 Å². The average Bonchev–Trinajstić information content (AvgIpc) is 1.64. The third-order valence-electron chi connectivity index (χ3n) is 0.850. The lowest BCUT2D eigenvalue weighted by Crippen LogP contribution is -2.12. The molecule has 0 bridgehead atoms. The summed E-state index contributed by atoms with van der Waals surface area (Å²) in [5.41, 5.74) is 0. The number of nitrogens with zero attached hydrogens (tertiary/aromatic N) is 1. The first-order valence-corrected chi connectivity index (χ1v) is 2.30. The molecule has 0 aromatic rings. The van der Waals surface area contributed by atoms with Gasteiger partial charge in [0.05, 0.1) is 12.7 Å². The number of aliphatic hydroxyl groups is 1. The van der Waals surface area contributed by atoms with Crippen LogP contribution in [0.4, 0.5) is 0 Å². The van der Waals surface area contributed by atoms with Crippen LogP contribution in [0.15, 0.2) is 24.1 Å². The van der Waals surface area contributed by atoms with Gasteiger partial charge in [-0.25, -0.2) is 5.06 Å². The molecule has 43 valence electrons. The van der Waals surface area contributed by atoms with E-state index in [9.17, 15) is 5.21 Å². The summed E-state index contributed by atoms with van der Waals surface area (Å²) >= 11 is 0. The molecule has 1 rings (SSSR count). The molecule has 3 heteroatoms. The van der Waals surface area contributed by atoms with Crippen LogP contribution in [0.2, 0.25) is 0 Å². The number of allylic oxidation sites excluding steroid dienone is 1. The van der Waals surface area contributed by atoms with Crippen LogP contribution in [0.1, 0.15) is 0 Å². The highest BCUT2D eigenvalue weighted by Crippen LogP contribution is 2.00. The number of rotatable bonds is 0. The molecule has 1 radical (unpaired) electrons. The van der Waals surface area contributed by atoms with Crippen LogP contribution < -0.4 is 0 Å². The fraction of sp³-hybridized carbons (Fsp3) is 0.200. The SMILES string of the molecule is [O]N1C=C(O)C=CC1. The molecule has 1 aliphatic rings. The molecule has 0 saturated carbocycles. The molecule has 0 spiro atoms. The first-order valence-electron chi connectivity index (χ1n) is 2.30. The van der Waals surface area contributed by atoms with Crippen LogP contribution in [0.25, 0.3) is 0 Å². The molecular formula is C5H6NO2. The fourth-order valence-electron chi connectivity index (χ4n) is 0.521. The molecule has 3 nitrogen and oxygen atoms in total. The van der Waals surface area contributed by atoms with Gasteiger partial charge in [-0.05, 0) is 6.08 Å². The standard InChI is InChI=1S/C5H6NO2/c7-5-2-1-3-6(8)4-5/h1-2,4,7H,3H2. The molecule has 8 heavy (non-hydrogen) atoms. The van der Waals surface area contributed by atoms with Gasteiger partial charge in [-0.3, -0.25) is 0 Å². The molecule has 0 aromatic heterocycles. The lowest BCUT2D eigenvalue weighted by atomic mass is 10.4. The van der Waals surface area contributed by atoms with Gasteiger partial charge < -0.3 is 5.11 Å². The Bertz CT molecular complexity index is 139. The number of hydroxylamine groups is 2. The molecule has 0 fully saturated rings. The van der Waals surface area contributed by atoms with Crippen molar-refractivity contribution in [1.82, 2.24) is 5.06 Å². The zero-order chi connectivity index (χ0) is 5.98. The van der Waals surface area contributed by atoms with E-state index in [4.69, 9.17) is 5.11 Å². The van der Waals surface area contributed by atoms with E-state index in [1.165, 1.54) is 6.08 Å². The molecular weight excluding hydrogens is 106 g/mol. The van der Waals surface area contributed by atoms with E-state index in [1.807, 2.05) is 0 Å². The van der Waals surface area contributed by atoms with Crippen molar-refractivity contribution in [1.29, 1.82) is 0 Å². The third-order valence-corrected chi connectivity index (χ3v) is 0.850. The highest BCUT2D eigenvalue weighted by molar-refractivity contribution is 5.13. The van der Waals surface area contributed by atoms with E-state index in [1.54, 1.807) is 6.08 Å². The minimum absolute atomic E-state index is 0.0197. The van der Waals surface area contributed by atoms with Crippen LogP contribution in [0, 0.1) is 0 Å². The zero-order valence-electron chi connectivity index (χ0n) is 4.24. The van der Waals surface area contributed by atoms with Crippen LogP contribution in [-0.4, -0.2) is 16.7 Å². The van der Waals surface area contributed by atoms with Gasteiger partial charge in [0.1, 0.15) is 5.76 Å². The first kappa shape index (κ1) is 5.18. The molecule has 1 aliphatic heterocycles. The summed E-state index contributed by atoms with van der Waals surface area (Å²) < 4.78 is 0. The molecule has 1 heterocycles.